The van der Waals surface area contributed by atoms with Gasteiger partial charge in [-0.2, -0.15) is 0 Å². The fourth-order valence-corrected chi connectivity index (χ4v) is 3.62. The third-order valence-corrected chi connectivity index (χ3v) is 4.89. The summed E-state index contributed by atoms with van der Waals surface area (Å²) in [6.07, 6.45) is 1.10. The Morgan fingerprint density at radius 3 is 2.27 bits per heavy atom. The molecule has 3 rings (SSSR count). The molecule has 0 amide bonds. The topological polar surface area (TPSA) is 134 Å². The third-order valence-electron chi connectivity index (χ3n) is 4.30. The minimum absolute atomic E-state index is 0.0174. The normalized spacial score (nSPS) is 18.5. The van der Waals surface area contributed by atoms with Crippen molar-refractivity contribution in [1.29, 1.82) is 0 Å². The first-order valence-corrected chi connectivity index (χ1v) is 9.71. The molecule has 1 aromatic carbocycles. The highest BCUT2D eigenvalue weighted by Gasteiger charge is 2.45. The zero-order valence-corrected chi connectivity index (χ0v) is 18.1. The van der Waals surface area contributed by atoms with Crippen LogP contribution in [0.25, 0.3) is 11.0 Å². The summed E-state index contributed by atoms with van der Waals surface area (Å²) in [7, 11) is 0. The largest absolute Gasteiger partial charge is 0.493 e. The van der Waals surface area contributed by atoms with Gasteiger partial charge >= 0.3 is 17.9 Å². The molecular formula is C21H21BrO8. The van der Waals surface area contributed by atoms with E-state index in [-0.39, 0.29) is 29.6 Å². The molecule has 30 heavy (non-hydrogen) atoms. The number of aliphatic carboxylic acids is 2. The first-order chi connectivity index (χ1) is 14.0. The lowest BCUT2D eigenvalue weighted by Gasteiger charge is -2.32. The van der Waals surface area contributed by atoms with Gasteiger partial charge in [-0.1, -0.05) is 18.2 Å². The van der Waals surface area contributed by atoms with E-state index >= 15 is 0 Å². The van der Waals surface area contributed by atoms with Crippen molar-refractivity contribution in [2.24, 2.45) is 5.41 Å². The van der Waals surface area contributed by atoms with Crippen LogP contribution < -0.4 is 0 Å². The van der Waals surface area contributed by atoms with E-state index < -0.39 is 23.3 Å². The van der Waals surface area contributed by atoms with Gasteiger partial charge in [0.05, 0.1) is 10.6 Å². The smallest absolute Gasteiger partial charge is 0.371 e. The number of hydrogen-bond acceptors (Lipinski definition) is 5. The number of allylic oxidation sites excluding steroid dienone is 2. The number of aromatic carboxylic acids is 1. The molecule has 1 aliphatic rings. The van der Waals surface area contributed by atoms with E-state index in [1.165, 1.54) is 19.1 Å². The molecule has 0 fully saturated rings. The second-order valence-corrected chi connectivity index (χ2v) is 7.94. The molecule has 0 spiro atoms. The predicted molar refractivity (Wildman–Crippen MR) is 111 cm³/mol. The van der Waals surface area contributed by atoms with Crippen LogP contribution in [-0.4, -0.2) is 39.3 Å². The fraction of sp³-hybridized carbons (Fsp3) is 0.286. The average molecular weight is 481 g/mol. The van der Waals surface area contributed by atoms with Crippen molar-refractivity contribution in [3.63, 3.8) is 0 Å². The molecule has 2 aromatic rings. The van der Waals surface area contributed by atoms with Crippen LogP contribution in [0.3, 0.4) is 0 Å². The third kappa shape index (κ3) is 5.10. The monoisotopic (exact) mass is 480 g/mol. The highest BCUT2D eigenvalue weighted by Crippen LogP contribution is 2.43. The molecule has 1 unspecified atom stereocenters. The van der Waals surface area contributed by atoms with Gasteiger partial charge in [0.2, 0.25) is 5.76 Å². The van der Waals surface area contributed by atoms with Gasteiger partial charge < -0.3 is 24.5 Å². The maximum atomic E-state index is 11.4. The summed E-state index contributed by atoms with van der Waals surface area (Å²) in [6.45, 7) is 5.03. The van der Waals surface area contributed by atoms with Crippen molar-refractivity contribution in [2.45, 2.75) is 33.3 Å². The summed E-state index contributed by atoms with van der Waals surface area (Å²) >= 11 is 3.19. The molecule has 1 heterocycles. The molecule has 1 aromatic heterocycles. The Morgan fingerprint density at radius 2 is 1.77 bits per heavy atom. The van der Waals surface area contributed by atoms with Crippen molar-refractivity contribution in [1.82, 2.24) is 0 Å². The Balaban J connectivity index is 0.000000230. The van der Waals surface area contributed by atoms with Crippen LogP contribution in [0.4, 0.5) is 0 Å². The van der Waals surface area contributed by atoms with Crippen LogP contribution >= 0.6 is 15.9 Å². The lowest BCUT2D eigenvalue weighted by atomic mass is 9.78. The number of para-hydroxylation sites is 1. The number of hydrogen-bond donors (Lipinski definition) is 3. The molecule has 8 nitrogen and oxygen atoms in total. The van der Waals surface area contributed by atoms with Gasteiger partial charge in [-0.05, 0) is 54.9 Å². The minimum Gasteiger partial charge on any atom is -0.493 e. The minimum atomic E-state index is -1.37. The van der Waals surface area contributed by atoms with E-state index in [9.17, 15) is 19.5 Å². The summed E-state index contributed by atoms with van der Waals surface area (Å²) in [6, 6.07) is 8.70. The van der Waals surface area contributed by atoms with Crippen molar-refractivity contribution in [3.05, 3.63) is 58.0 Å². The van der Waals surface area contributed by atoms with Crippen LogP contribution in [0.1, 0.15) is 37.7 Å². The SMILES string of the molecule is CC(C)OC1=C(Br)C=C(C(=O)O)CC1(C)C(=O)O.O=C(O)c1cc2ccccc2o1. The quantitative estimate of drug-likeness (QED) is 0.562. The highest BCUT2D eigenvalue weighted by molar-refractivity contribution is 9.11. The van der Waals surface area contributed by atoms with Crippen LogP contribution in [0, 0.1) is 5.41 Å². The average Bonchev–Trinajstić information content (AvgIpc) is 3.09. The molecule has 0 saturated heterocycles. The number of benzene rings is 1. The van der Waals surface area contributed by atoms with Gasteiger partial charge in [0.15, 0.2) is 0 Å². The Labute approximate surface area is 180 Å². The van der Waals surface area contributed by atoms with Crippen molar-refractivity contribution in [2.75, 3.05) is 0 Å². The van der Waals surface area contributed by atoms with Crippen molar-refractivity contribution in [3.8, 4) is 0 Å². The van der Waals surface area contributed by atoms with Gasteiger partial charge in [0, 0.05) is 17.4 Å². The number of carboxylic acids is 3. The zero-order valence-electron chi connectivity index (χ0n) is 16.5. The Bertz CT molecular complexity index is 1010. The lowest BCUT2D eigenvalue weighted by Crippen LogP contribution is -2.35. The number of halogens is 1. The molecule has 160 valence electrons. The summed E-state index contributed by atoms with van der Waals surface area (Å²) < 4.78 is 10.9. The lowest BCUT2D eigenvalue weighted by molar-refractivity contribution is -0.148. The molecule has 0 aliphatic heterocycles. The van der Waals surface area contributed by atoms with E-state index in [4.69, 9.17) is 19.4 Å². The summed E-state index contributed by atoms with van der Waals surface area (Å²) in [5, 5.41) is 27.7. The molecule has 0 bridgehead atoms. The fourth-order valence-electron chi connectivity index (χ4n) is 2.81. The first kappa shape index (κ1) is 23.2. The standard InChI is InChI=1S/C12H15BrO5.C9H6O3/c1-6(2)18-9-8(13)4-7(10(14)15)5-12(9,3)11(16)17;10-9(11)8-5-6-3-1-2-4-7(6)12-8/h4,6H,5H2,1-3H3,(H,14,15)(H,16,17);1-5H,(H,10,11). The van der Waals surface area contributed by atoms with Crippen LogP contribution in [-0.2, 0) is 14.3 Å². The summed E-state index contributed by atoms with van der Waals surface area (Å²) in [5.41, 5.74) is -0.719. The van der Waals surface area contributed by atoms with Crippen LogP contribution in [0.5, 0.6) is 0 Å². The second kappa shape index (κ2) is 9.17. The van der Waals surface area contributed by atoms with Crippen LogP contribution in [0.2, 0.25) is 0 Å². The number of carbonyl (C=O) groups is 3. The Kier molecular flexibility index (Phi) is 7.09. The molecule has 3 N–H and O–H groups in total. The van der Waals surface area contributed by atoms with Crippen molar-refractivity contribution >= 4 is 44.8 Å². The van der Waals surface area contributed by atoms with Gasteiger partial charge in [-0.3, -0.25) is 4.79 Å². The predicted octanol–water partition coefficient (Wildman–Crippen LogP) is 4.65. The van der Waals surface area contributed by atoms with Crippen molar-refractivity contribution < 1.29 is 38.9 Å². The summed E-state index contributed by atoms with van der Waals surface area (Å²) in [5.74, 6) is -3.03. The molecule has 1 atom stereocenters. The first-order valence-electron chi connectivity index (χ1n) is 8.91. The number of fused-ring (bicyclic) bond motifs is 1. The van der Waals surface area contributed by atoms with E-state index in [1.807, 2.05) is 12.1 Å². The maximum Gasteiger partial charge on any atom is 0.371 e. The number of rotatable bonds is 5. The number of furan rings is 1. The van der Waals surface area contributed by atoms with Gasteiger partial charge in [-0.25, -0.2) is 9.59 Å². The molecule has 1 aliphatic carbocycles. The van der Waals surface area contributed by atoms with Gasteiger partial charge in [0.1, 0.15) is 16.8 Å². The highest BCUT2D eigenvalue weighted by atomic mass is 79.9. The number of ether oxygens (including phenoxy) is 1. The van der Waals surface area contributed by atoms with E-state index in [0.717, 1.165) is 5.39 Å². The van der Waals surface area contributed by atoms with Crippen LogP contribution in [0.15, 0.2) is 56.6 Å². The summed E-state index contributed by atoms with van der Waals surface area (Å²) in [4.78, 5) is 32.9. The van der Waals surface area contributed by atoms with Gasteiger partial charge in [0.25, 0.3) is 0 Å². The second-order valence-electron chi connectivity index (χ2n) is 7.09. The zero-order chi connectivity index (χ0) is 22.6. The Morgan fingerprint density at radius 1 is 1.13 bits per heavy atom. The molecule has 0 radical (unpaired) electrons. The molecular weight excluding hydrogens is 460 g/mol. The molecule has 9 heteroatoms. The van der Waals surface area contributed by atoms with E-state index in [0.29, 0.717) is 10.1 Å². The number of carboxylic acid groups (broad SMARTS) is 3. The van der Waals surface area contributed by atoms with E-state index in [1.54, 1.807) is 26.0 Å². The Hall–Kier alpha value is -3.07. The van der Waals surface area contributed by atoms with E-state index in [2.05, 4.69) is 15.9 Å². The molecule has 0 saturated carbocycles. The maximum absolute atomic E-state index is 11.4. The van der Waals surface area contributed by atoms with Gasteiger partial charge in [-0.15, -0.1) is 0 Å².